The number of imidazole rings is 1. The molecule has 1 aliphatic rings. The zero-order valence-corrected chi connectivity index (χ0v) is 14.0. The summed E-state index contributed by atoms with van der Waals surface area (Å²) >= 11 is 1.63. The molecule has 1 aliphatic heterocycles. The van der Waals surface area contributed by atoms with E-state index in [2.05, 4.69) is 41.8 Å². The molecule has 0 fully saturated rings. The van der Waals surface area contributed by atoms with Crippen molar-refractivity contribution < 1.29 is 4.79 Å². The van der Waals surface area contributed by atoms with Gasteiger partial charge in [0, 0.05) is 17.9 Å². The van der Waals surface area contributed by atoms with Crippen LogP contribution in [0, 0.1) is 6.92 Å². The van der Waals surface area contributed by atoms with Crippen LogP contribution in [-0.4, -0.2) is 35.6 Å². The Hall–Kier alpha value is -3.07. The van der Waals surface area contributed by atoms with Crippen molar-refractivity contribution in [1.29, 1.82) is 0 Å². The van der Waals surface area contributed by atoms with E-state index in [1.54, 1.807) is 22.3 Å². The Bertz CT molecular complexity index is 1100. The molecule has 0 aliphatic carbocycles. The Morgan fingerprint density at radius 3 is 3.08 bits per heavy atom. The van der Waals surface area contributed by atoms with E-state index >= 15 is 0 Å². The number of hydrogen-bond donors (Lipinski definition) is 2. The van der Waals surface area contributed by atoms with Gasteiger partial charge in [-0.25, -0.2) is 15.0 Å². The van der Waals surface area contributed by atoms with Gasteiger partial charge in [0.15, 0.2) is 11.5 Å². The molecule has 124 valence electrons. The molecule has 0 radical (unpaired) electrons. The number of anilines is 1. The van der Waals surface area contributed by atoms with Crippen molar-refractivity contribution >= 4 is 34.2 Å². The molecular formula is C16H13N7OS. The average Bonchev–Trinajstić information content (AvgIpc) is 3.34. The maximum absolute atomic E-state index is 12.3. The third kappa shape index (κ3) is 2.09. The van der Waals surface area contributed by atoms with Crippen molar-refractivity contribution in [3.8, 4) is 5.82 Å². The predicted octanol–water partition coefficient (Wildman–Crippen LogP) is 2.38. The van der Waals surface area contributed by atoms with Gasteiger partial charge in [-0.1, -0.05) is 0 Å². The lowest BCUT2D eigenvalue weighted by Gasteiger charge is -2.23. The highest BCUT2D eigenvalue weighted by atomic mass is 32.1. The molecule has 2 N–H and O–H groups in total. The molecule has 1 amide bonds. The van der Waals surface area contributed by atoms with E-state index in [4.69, 9.17) is 0 Å². The lowest BCUT2D eigenvalue weighted by Crippen LogP contribution is -2.25. The number of rotatable bonds is 2. The van der Waals surface area contributed by atoms with Crippen LogP contribution in [0.2, 0.25) is 0 Å². The minimum atomic E-state index is -0.0280. The summed E-state index contributed by atoms with van der Waals surface area (Å²) in [4.78, 5) is 28.0. The molecule has 1 atom stereocenters. The number of nitrogens with one attached hydrogen (secondary N) is 2. The second-order valence-corrected chi connectivity index (χ2v) is 6.70. The average molecular weight is 351 g/mol. The van der Waals surface area contributed by atoms with E-state index in [0.29, 0.717) is 29.2 Å². The van der Waals surface area contributed by atoms with Gasteiger partial charge in [-0.3, -0.25) is 4.79 Å². The molecule has 4 aromatic rings. The van der Waals surface area contributed by atoms with Crippen molar-refractivity contribution in [1.82, 2.24) is 29.7 Å². The van der Waals surface area contributed by atoms with Gasteiger partial charge < -0.3 is 10.3 Å². The Balaban J connectivity index is 1.75. The van der Waals surface area contributed by atoms with Gasteiger partial charge in [-0.05, 0) is 29.3 Å². The summed E-state index contributed by atoms with van der Waals surface area (Å²) in [6, 6.07) is 2.06. The van der Waals surface area contributed by atoms with Gasteiger partial charge in [0.05, 0.1) is 12.0 Å². The smallest absolute Gasteiger partial charge is 0.226 e. The summed E-state index contributed by atoms with van der Waals surface area (Å²) < 4.78 is 1.67. The highest BCUT2D eigenvalue weighted by molar-refractivity contribution is 7.08. The van der Waals surface area contributed by atoms with Crippen LogP contribution in [0.3, 0.4) is 0 Å². The van der Waals surface area contributed by atoms with Gasteiger partial charge >= 0.3 is 0 Å². The Morgan fingerprint density at radius 2 is 2.24 bits per heavy atom. The number of H-pyrrole nitrogens is 1. The number of carbonyl (C=O) groups excluding carboxylic acids is 1. The molecule has 0 bridgehead atoms. The highest BCUT2D eigenvalue weighted by Gasteiger charge is 2.33. The fourth-order valence-corrected chi connectivity index (χ4v) is 4.09. The van der Waals surface area contributed by atoms with Crippen LogP contribution in [0.1, 0.15) is 29.2 Å². The Labute approximate surface area is 146 Å². The van der Waals surface area contributed by atoms with Crippen LogP contribution in [-0.2, 0) is 4.79 Å². The monoisotopic (exact) mass is 351 g/mol. The predicted molar refractivity (Wildman–Crippen MR) is 93.0 cm³/mol. The fourth-order valence-electron chi connectivity index (χ4n) is 3.37. The van der Waals surface area contributed by atoms with E-state index in [9.17, 15) is 4.79 Å². The van der Waals surface area contributed by atoms with E-state index in [1.807, 2.05) is 12.3 Å². The molecule has 25 heavy (non-hydrogen) atoms. The molecule has 5 heterocycles. The third-order valence-electron chi connectivity index (χ3n) is 4.45. The van der Waals surface area contributed by atoms with E-state index < -0.39 is 0 Å². The van der Waals surface area contributed by atoms with Crippen molar-refractivity contribution in [2.75, 3.05) is 5.32 Å². The summed E-state index contributed by atoms with van der Waals surface area (Å²) in [6.45, 7) is 1.96. The number of aromatic amines is 1. The molecule has 4 aromatic heterocycles. The second kappa shape index (κ2) is 5.21. The van der Waals surface area contributed by atoms with Crippen LogP contribution >= 0.6 is 11.3 Å². The number of amides is 1. The molecule has 0 saturated carbocycles. The molecule has 0 spiro atoms. The number of aryl methyl sites for hydroxylation is 1. The Morgan fingerprint density at radius 1 is 1.32 bits per heavy atom. The molecule has 0 unspecified atom stereocenters. The van der Waals surface area contributed by atoms with Crippen molar-refractivity contribution in [3.63, 3.8) is 0 Å². The Kier molecular flexibility index (Phi) is 2.98. The number of thiophene rings is 1. The maximum atomic E-state index is 12.3. The summed E-state index contributed by atoms with van der Waals surface area (Å²) in [7, 11) is 0. The van der Waals surface area contributed by atoms with Crippen LogP contribution in [0.5, 0.6) is 0 Å². The lowest BCUT2D eigenvalue weighted by molar-refractivity contribution is -0.116. The number of nitrogens with zero attached hydrogens (tertiary/aromatic N) is 5. The van der Waals surface area contributed by atoms with Crippen molar-refractivity contribution in [2.24, 2.45) is 0 Å². The first kappa shape index (κ1) is 14.3. The summed E-state index contributed by atoms with van der Waals surface area (Å²) in [6.07, 6.45) is 3.43. The number of aromatic nitrogens is 6. The van der Waals surface area contributed by atoms with Crippen LogP contribution in [0.4, 0.5) is 5.82 Å². The summed E-state index contributed by atoms with van der Waals surface area (Å²) in [5, 5.41) is 11.7. The zero-order chi connectivity index (χ0) is 17.0. The van der Waals surface area contributed by atoms with Crippen LogP contribution < -0.4 is 5.32 Å². The highest BCUT2D eigenvalue weighted by Crippen LogP contribution is 2.40. The lowest BCUT2D eigenvalue weighted by atomic mass is 9.87. The van der Waals surface area contributed by atoms with E-state index in [1.165, 1.54) is 6.33 Å². The fraction of sp³-hybridized carbons (Fsp3) is 0.188. The van der Waals surface area contributed by atoms with Gasteiger partial charge in [-0.15, -0.1) is 0 Å². The van der Waals surface area contributed by atoms with Gasteiger partial charge in [0.2, 0.25) is 5.91 Å². The first-order chi connectivity index (χ1) is 12.2. The summed E-state index contributed by atoms with van der Waals surface area (Å²) in [5.41, 5.74) is 4.28. The minimum absolute atomic E-state index is 0.00263. The minimum Gasteiger partial charge on any atom is -0.340 e. The largest absolute Gasteiger partial charge is 0.340 e. The summed E-state index contributed by atoms with van der Waals surface area (Å²) in [5.74, 6) is 1.21. The topological polar surface area (TPSA) is 101 Å². The molecule has 9 heteroatoms. The van der Waals surface area contributed by atoms with Gasteiger partial charge in [0.25, 0.3) is 0 Å². The molecule has 0 saturated heterocycles. The zero-order valence-electron chi connectivity index (χ0n) is 13.2. The van der Waals surface area contributed by atoms with Gasteiger partial charge in [-0.2, -0.15) is 21.1 Å². The standard InChI is InChI=1S/C16H13N7OS/c1-8-12-10(9-2-3-25-5-9)4-11(24)21-15(12)23(22-8)16-13-14(18-6-17-13)19-7-20-16/h2-3,5-7,10H,4H2,1H3,(H,21,24)(H,17,18,19,20)/t10-/m1/s1. The van der Waals surface area contributed by atoms with Gasteiger partial charge in [0.1, 0.15) is 17.7 Å². The second-order valence-electron chi connectivity index (χ2n) is 5.92. The first-order valence-electron chi connectivity index (χ1n) is 7.78. The first-order valence-corrected chi connectivity index (χ1v) is 8.72. The molecule has 5 rings (SSSR count). The maximum Gasteiger partial charge on any atom is 0.226 e. The quantitative estimate of drug-likeness (QED) is 0.577. The third-order valence-corrected chi connectivity index (χ3v) is 5.15. The van der Waals surface area contributed by atoms with E-state index in [0.717, 1.165) is 16.8 Å². The van der Waals surface area contributed by atoms with Crippen molar-refractivity contribution in [3.05, 3.63) is 46.3 Å². The SMILES string of the molecule is Cc1nn(-c2ncnc3nc[nH]c23)c2c1[C@@H](c1ccsc1)CC(=O)N2. The van der Waals surface area contributed by atoms with Crippen molar-refractivity contribution in [2.45, 2.75) is 19.3 Å². The molecule has 8 nitrogen and oxygen atoms in total. The number of hydrogen-bond acceptors (Lipinski definition) is 6. The van der Waals surface area contributed by atoms with E-state index in [-0.39, 0.29) is 11.8 Å². The van der Waals surface area contributed by atoms with Crippen LogP contribution in [0.25, 0.3) is 17.0 Å². The molecular weight excluding hydrogens is 338 g/mol. The number of carbonyl (C=O) groups is 1. The number of fused-ring (bicyclic) bond motifs is 2. The normalized spacial score (nSPS) is 16.8. The molecule has 0 aromatic carbocycles. The van der Waals surface area contributed by atoms with Crippen LogP contribution in [0.15, 0.2) is 29.5 Å².